The van der Waals surface area contributed by atoms with Gasteiger partial charge >= 0.3 is 0 Å². The lowest BCUT2D eigenvalue weighted by molar-refractivity contribution is -0.129. The quantitative estimate of drug-likeness (QED) is 0.835. The Kier molecular flexibility index (Phi) is 4.80. The molecule has 8 heteroatoms. The number of benzene rings is 1. The second-order valence-electron chi connectivity index (χ2n) is 5.76. The number of hydrogen-bond donors (Lipinski definition) is 0. The number of carbonyl (C=O) groups excluding carboxylic acids is 1. The minimum absolute atomic E-state index is 0.0818. The largest absolute Gasteiger partial charge is 0.342 e. The highest BCUT2D eigenvalue weighted by Crippen LogP contribution is 2.17. The van der Waals surface area contributed by atoms with Crippen molar-refractivity contribution in [3.63, 3.8) is 0 Å². The maximum atomic E-state index is 12.5. The Morgan fingerprint density at radius 1 is 1.26 bits per heavy atom. The van der Waals surface area contributed by atoms with Gasteiger partial charge in [0, 0.05) is 13.1 Å². The number of amides is 1. The van der Waals surface area contributed by atoms with Crippen LogP contribution in [0.3, 0.4) is 0 Å². The van der Waals surface area contributed by atoms with Crippen LogP contribution in [0.1, 0.15) is 19.8 Å². The van der Waals surface area contributed by atoms with Crippen LogP contribution in [0.2, 0.25) is 0 Å². The maximum absolute atomic E-state index is 12.5. The number of para-hydroxylation sites is 1. The summed E-state index contributed by atoms with van der Waals surface area (Å²) in [5, 5.41) is 11.5. The number of aromatic nitrogens is 4. The van der Waals surface area contributed by atoms with Crippen LogP contribution in [0.5, 0.6) is 0 Å². The minimum atomic E-state index is -1.57. The van der Waals surface area contributed by atoms with Gasteiger partial charge in [0.25, 0.3) is 0 Å². The van der Waals surface area contributed by atoms with E-state index in [1.807, 2.05) is 30.3 Å². The van der Waals surface area contributed by atoms with Gasteiger partial charge in [-0.3, -0.25) is 9.00 Å². The summed E-state index contributed by atoms with van der Waals surface area (Å²) in [6.45, 7) is 3.66. The van der Waals surface area contributed by atoms with Crippen molar-refractivity contribution in [2.75, 3.05) is 18.8 Å². The Morgan fingerprint density at radius 2 is 1.96 bits per heavy atom. The Labute approximate surface area is 137 Å². The number of nitrogens with zero attached hydrogens (tertiary/aromatic N) is 5. The van der Waals surface area contributed by atoms with Crippen LogP contribution in [0.25, 0.3) is 5.69 Å². The predicted molar refractivity (Wildman–Crippen MR) is 85.4 cm³/mol. The van der Waals surface area contributed by atoms with E-state index < -0.39 is 10.8 Å². The molecule has 1 fully saturated rings. The van der Waals surface area contributed by atoms with Gasteiger partial charge in [0.2, 0.25) is 11.1 Å². The number of rotatable bonds is 4. The zero-order valence-electron chi connectivity index (χ0n) is 13.0. The van der Waals surface area contributed by atoms with Gasteiger partial charge in [-0.1, -0.05) is 30.2 Å². The molecule has 1 amide bonds. The van der Waals surface area contributed by atoms with Crippen LogP contribution in [0.15, 0.2) is 35.5 Å². The first-order valence-corrected chi connectivity index (χ1v) is 8.97. The average Bonchev–Trinajstić information content (AvgIpc) is 3.06. The molecule has 23 heavy (non-hydrogen) atoms. The molecule has 1 aliphatic rings. The molecule has 0 aliphatic carbocycles. The van der Waals surface area contributed by atoms with Crippen LogP contribution < -0.4 is 0 Å². The van der Waals surface area contributed by atoms with Gasteiger partial charge in [0.15, 0.2) is 0 Å². The molecule has 0 radical (unpaired) electrons. The smallest absolute Gasteiger partial charge is 0.244 e. The summed E-state index contributed by atoms with van der Waals surface area (Å²) in [6, 6.07) is 9.23. The summed E-state index contributed by atoms with van der Waals surface area (Å²) in [6.07, 6.45) is 2.00. The first-order valence-electron chi connectivity index (χ1n) is 7.65. The third-order valence-electron chi connectivity index (χ3n) is 4.04. The number of carbonyl (C=O) groups is 1. The minimum Gasteiger partial charge on any atom is -0.342 e. The molecule has 0 bridgehead atoms. The third kappa shape index (κ3) is 3.64. The van der Waals surface area contributed by atoms with Crippen LogP contribution in [-0.2, 0) is 15.6 Å². The molecule has 2 heterocycles. The second-order valence-corrected chi connectivity index (χ2v) is 7.11. The SMILES string of the molecule is CC1CCN(C(=O)CS(=O)c2nnnn2-c2ccccc2)CC1. The molecule has 1 aromatic heterocycles. The first kappa shape index (κ1) is 15.8. The van der Waals surface area contributed by atoms with Gasteiger partial charge in [-0.05, 0) is 41.3 Å². The van der Waals surface area contributed by atoms with Crippen molar-refractivity contribution in [3.8, 4) is 5.69 Å². The number of likely N-dealkylation sites (tertiary alicyclic amines) is 1. The van der Waals surface area contributed by atoms with E-state index >= 15 is 0 Å². The zero-order valence-corrected chi connectivity index (χ0v) is 13.8. The second kappa shape index (κ2) is 6.99. The first-order chi connectivity index (χ1) is 11.1. The van der Waals surface area contributed by atoms with Crippen molar-refractivity contribution < 1.29 is 9.00 Å². The van der Waals surface area contributed by atoms with Crippen LogP contribution >= 0.6 is 0 Å². The zero-order chi connectivity index (χ0) is 16.2. The normalized spacial score (nSPS) is 17.2. The lowest BCUT2D eigenvalue weighted by atomic mass is 9.99. The van der Waals surface area contributed by atoms with Crippen LogP contribution in [0.4, 0.5) is 0 Å². The fraction of sp³-hybridized carbons (Fsp3) is 0.467. The van der Waals surface area contributed by atoms with E-state index in [9.17, 15) is 9.00 Å². The third-order valence-corrected chi connectivity index (χ3v) is 5.21. The molecule has 7 nitrogen and oxygen atoms in total. The molecule has 0 saturated carbocycles. The average molecular weight is 333 g/mol. The van der Waals surface area contributed by atoms with Crippen molar-refractivity contribution in [2.24, 2.45) is 5.92 Å². The Bertz CT molecular complexity index is 695. The molecular weight excluding hydrogens is 314 g/mol. The number of hydrogen-bond acceptors (Lipinski definition) is 5. The van der Waals surface area contributed by atoms with E-state index in [0.717, 1.165) is 31.6 Å². The monoisotopic (exact) mass is 333 g/mol. The fourth-order valence-corrected chi connectivity index (χ4v) is 3.58. The highest BCUT2D eigenvalue weighted by Gasteiger charge is 2.24. The summed E-state index contributed by atoms with van der Waals surface area (Å²) in [5.41, 5.74) is 0.722. The topological polar surface area (TPSA) is 81.0 Å². The van der Waals surface area contributed by atoms with Gasteiger partial charge in [-0.25, -0.2) is 0 Å². The summed E-state index contributed by atoms with van der Waals surface area (Å²) < 4.78 is 13.9. The van der Waals surface area contributed by atoms with Gasteiger partial charge in [0.1, 0.15) is 16.6 Å². The van der Waals surface area contributed by atoms with Crippen molar-refractivity contribution in [1.29, 1.82) is 0 Å². The van der Waals surface area contributed by atoms with E-state index in [4.69, 9.17) is 0 Å². The highest BCUT2D eigenvalue weighted by molar-refractivity contribution is 7.85. The van der Waals surface area contributed by atoms with Crippen LogP contribution in [-0.4, -0.2) is 54.1 Å². The molecule has 1 atom stereocenters. The van der Waals surface area contributed by atoms with E-state index in [1.165, 1.54) is 4.68 Å². The van der Waals surface area contributed by atoms with Gasteiger partial charge in [-0.15, -0.1) is 0 Å². The van der Waals surface area contributed by atoms with Crippen LogP contribution in [0, 0.1) is 5.92 Å². The van der Waals surface area contributed by atoms with E-state index in [0.29, 0.717) is 5.92 Å². The van der Waals surface area contributed by atoms with Gasteiger partial charge in [-0.2, -0.15) is 4.68 Å². The number of piperidine rings is 1. The van der Waals surface area contributed by atoms with E-state index in [1.54, 1.807) is 4.90 Å². The molecule has 0 N–H and O–H groups in total. The molecule has 1 saturated heterocycles. The summed E-state index contributed by atoms with van der Waals surface area (Å²) >= 11 is 0. The summed E-state index contributed by atoms with van der Waals surface area (Å²) in [7, 11) is -1.57. The van der Waals surface area contributed by atoms with Crippen molar-refractivity contribution in [1.82, 2.24) is 25.1 Å². The molecule has 1 unspecified atom stereocenters. The maximum Gasteiger partial charge on any atom is 0.244 e. The summed E-state index contributed by atoms with van der Waals surface area (Å²) in [4.78, 5) is 14.1. The van der Waals surface area contributed by atoms with E-state index in [-0.39, 0.29) is 16.8 Å². The van der Waals surface area contributed by atoms with E-state index in [2.05, 4.69) is 22.4 Å². The van der Waals surface area contributed by atoms with Crippen molar-refractivity contribution in [3.05, 3.63) is 30.3 Å². The van der Waals surface area contributed by atoms with Gasteiger partial charge < -0.3 is 4.90 Å². The van der Waals surface area contributed by atoms with Crippen molar-refractivity contribution in [2.45, 2.75) is 24.9 Å². The lowest BCUT2D eigenvalue weighted by Gasteiger charge is -2.30. The Balaban J connectivity index is 1.70. The Morgan fingerprint density at radius 3 is 2.65 bits per heavy atom. The fourth-order valence-electron chi connectivity index (χ4n) is 2.58. The molecule has 122 valence electrons. The highest BCUT2D eigenvalue weighted by atomic mass is 32.2. The molecule has 1 aliphatic heterocycles. The molecule has 0 spiro atoms. The molecule has 3 rings (SSSR count). The lowest BCUT2D eigenvalue weighted by Crippen LogP contribution is -2.40. The summed E-state index contributed by atoms with van der Waals surface area (Å²) in [5.74, 6) is 0.467. The predicted octanol–water partition coefficient (Wildman–Crippen LogP) is 1.03. The van der Waals surface area contributed by atoms with Crippen molar-refractivity contribution >= 4 is 16.7 Å². The molecule has 1 aromatic carbocycles. The number of tetrazole rings is 1. The molecular formula is C15H19N5O2S. The standard InChI is InChI=1S/C15H19N5O2S/c1-12-7-9-19(10-8-12)14(21)11-23(22)15-16-17-18-20(15)13-5-3-2-4-6-13/h2-6,12H,7-11H2,1H3. The van der Waals surface area contributed by atoms with Gasteiger partial charge in [0.05, 0.1) is 5.69 Å². The molecule has 2 aromatic rings. The Hall–Kier alpha value is -2.09.